The summed E-state index contributed by atoms with van der Waals surface area (Å²) >= 11 is 0. The molecular weight excluding hydrogens is 196 g/mol. The molecule has 82 valence electrons. The Kier molecular flexibility index (Phi) is 2.31. The molecule has 0 aromatic carbocycles. The number of hydrogen-bond acceptors (Lipinski definition) is 3. The minimum atomic E-state index is -1.17. The van der Waals surface area contributed by atoms with Crippen molar-refractivity contribution in [2.75, 3.05) is 0 Å². The van der Waals surface area contributed by atoms with Crippen LogP contribution in [-0.2, 0) is 5.60 Å². The standard InChI is InChI=1S/C11H14O4/c1-11(14,6-7-2-3-7)9-8(10(12)13)4-5-15-9/h4-5,7,14H,2-3,6H2,1H3,(H,12,13). The van der Waals surface area contributed by atoms with Crippen LogP contribution < -0.4 is 0 Å². The zero-order chi connectivity index (χ0) is 11.1. The number of aromatic carboxylic acids is 1. The van der Waals surface area contributed by atoms with E-state index in [1.807, 2.05) is 0 Å². The minimum absolute atomic E-state index is 0.0562. The monoisotopic (exact) mass is 210 g/mol. The van der Waals surface area contributed by atoms with Gasteiger partial charge in [0.15, 0.2) is 0 Å². The zero-order valence-corrected chi connectivity index (χ0v) is 8.56. The number of carbonyl (C=O) groups is 1. The van der Waals surface area contributed by atoms with Crippen molar-refractivity contribution in [3.05, 3.63) is 23.7 Å². The zero-order valence-electron chi connectivity index (χ0n) is 8.56. The van der Waals surface area contributed by atoms with E-state index in [0.717, 1.165) is 12.8 Å². The predicted molar refractivity (Wildman–Crippen MR) is 52.6 cm³/mol. The molecule has 4 heteroatoms. The van der Waals surface area contributed by atoms with E-state index in [9.17, 15) is 9.90 Å². The van der Waals surface area contributed by atoms with Crippen LogP contribution in [-0.4, -0.2) is 16.2 Å². The Morgan fingerprint density at radius 2 is 2.33 bits per heavy atom. The van der Waals surface area contributed by atoms with Gasteiger partial charge in [-0.05, 0) is 25.3 Å². The molecule has 1 fully saturated rings. The fourth-order valence-corrected chi connectivity index (χ4v) is 1.87. The number of furan rings is 1. The summed E-state index contributed by atoms with van der Waals surface area (Å²) < 4.78 is 5.09. The summed E-state index contributed by atoms with van der Waals surface area (Å²) in [5.41, 5.74) is -1.11. The molecule has 1 aromatic rings. The Balaban J connectivity index is 2.25. The fourth-order valence-electron chi connectivity index (χ4n) is 1.87. The Morgan fingerprint density at radius 1 is 1.67 bits per heavy atom. The van der Waals surface area contributed by atoms with Crippen LogP contribution in [0.2, 0.25) is 0 Å². The molecule has 1 atom stereocenters. The molecule has 1 aromatic heterocycles. The average Bonchev–Trinajstić information content (AvgIpc) is 2.80. The Hall–Kier alpha value is -1.29. The van der Waals surface area contributed by atoms with E-state index in [4.69, 9.17) is 9.52 Å². The number of hydrogen-bond donors (Lipinski definition) is 2. The second kappa shape index (κ2) is 3.38. The van der Waals surface area contributed by atoms with E-state index < -0.39 is 11.6 Å². The van der Waals surface area contributed by atoms with Crippen molar-refractivity contribution in [3.8, 4) is 0 Å². The molecule has 4 nitrogen and oxygen atoms in total. The highest BCUT2D eigenvalue weighted by Crippen LogP contribution is 2.41. The van der Waals surface area contributed by atoms with Gasteiger partial charge >= 0.3 is 5.97 Å². The normalized spacial score (nSPS) is 19.9. The van der Waals surface area contributed by atoms with Crippen LogP contribution in [0, 0.1) is 5.92 Å². The molecule has 0 aliphatic heterocycles. The van der Waals surface area contributed by atoms with Gasteiger partial charge in [0.2, 0.25) is 0 Å². The van der Waals surface area contributed by atoms with Crippen molar-refractivity contribution in [2.45, 2.75) is 31.8 Å². The van der Waals surface area contributed by atoms with Crippen molar-refractivity contribution in [1.82, 2.24) is 0 Å². The van der Waals surface area contributed by atoms with Crippen LogP contribution in [0.15, 0.2) is 16.7 Å². The molecule has 1 aliphatic rings. The topological polar surface area (TPSA) is 70.7 Å². The predicted octanol–water partition coefficient (Wildman–Crippen LogP) is 1.99. The third kappa shape index (κ3) is 2.04. The summed E-state index contributed by atoms with van der Waals surface area (Å²) in [7, 11) is 0. The van der Waals surface area contributed by atoms with Crippen molar-refractivity contribution in [3.63, 3.8) is 0 Å². The van der Waals surface area contributed by atoms with Gasteiger partial charge in [-0.2, -0.15) is 0 Å². The maximum Gasteiger partial charge on any atom is 0.339 e. The maximum absolute atomic E-state index is 10.9. The summed E-state index contributed by atoms with van der Waals surface area (Å²) in [5.74, 6) is -0.386. The van der Waals surface area contributed by atoms with E-state index in [0.29, 0.717) is 12.3 Å². The van der Waals surface area contributed by atoms with Gasteiger partial charge in [-0.3, -0.25) is 0 Å². The van der Waals surface area contributed by atoms with Gasteiger partial charge in [-0.15, -0.1) is 0 Å². The lowest BCUT2D eigenvalue weighted by Gasteiger charge is -2.21. The first-order valence-corrected chi connectivity index (χ1v) is 5.04. The molecule has 1 saturated carbocycles. The van der Waals surface area contributed by atoms with E-state index in [1.165, 1.54) is 12.3 Å². The quantitative estimate of drug-likeness (QED) is 0.797. The third-order valence-electron chi connectivity index (χ3n) is 2.77. The largest absolute Gasteiger partial charge is 0.478 e. The molecule has 15 heavy (non-hydrogen) atoms. The Morgan fingerprint density at radius 3 is 2.87 bits per heavy atom. The summed E-state index contributed by atoms with van der Waals surface area (Å²) in [6, 6.07) is 1.37. The first kappa shape index (κ1) is 10.2. The number of carboxylic acid groups (broad SMARTS) is 1. The van der Waals surface area contributed by atoms with Gasteiger partial charge in [0, 0.05) is 0 Å². The SMILES string of the molecule is CC(O)(CC1CC1)c1occc1C(=O)O. The third-order valence-corrected chi connectivity index (χ3v) is 2.77. The summed E-state index contributed by atoms with van der Waals surface area (Å²) in [6.45, 7) is 1.61. The number of rotatable bonds is 4. The second-order valence-electron chi connectivity index (χ2n) is 4.39. The van der Waals surface area contributed by atoms with Gasteiger partial charge in [0.05, 0.1) is 6.26 Å². The second-order valence-corrected chi connectivity index (χ2v) is 4.39. The van der Waals surface area contributed by atoms with E-state index in [2.05, 4.69) is 0 Å². The Labute approximate surface area is 87.5 Å². The highest BCUT2D eigenvalue weighted by atomic mass is 16.4. The first-order valence-electron chi connectivity index (χ1n) is 5.04. The molecule has 2 rings (SSSR count). The molecule has 0 bridgehead atoms. The fraction of sp³-hybridized carbons (Fsp3) is 0.545. The average molecular weight is 210 g/mol. The van der Waals surface area contributed by atoms with Gasteiger partial charge < -0.3 is 14.6 Å². The van der Waals surface area contributed by atoms with Gasteiger partial charge in [-0.1, -0.05) is 12.8 Å². The molecule has 1 heterocycles. The minimum Gasteiger partial charge on any atom is -0.478 e. The molecular formula is C11H14O4. The first-order chi connectivity index (χ1) is 7.00. The lowest BCUT2D eigenvalue weighted by atomic mass is 9.93. The van der Waals surface area contributed by atoms with Crippen LogP contribution in [0.1, 0.15) is 42.3 Å². The lowest BCUT2D eigenvalue weighted by Crippen LogP contribution is -2.23. The smallest absolute Gasteiger partial charge is 0.339 e. The molecule has 1 unspecified atom stereocenters. The van der Waals surface area contributed by atoms with Gasteiger partial charge in [0.1, 0.15) is 16.9 Å². The van der Waals surface area contributed by atoms with Gasteiger partial charge in [-0.25, -0.2) is 4.79 Å². The van der Waals surface area contributed by atoms with E-state index in [1.54, 1.807) is 6.92 Å². The lowest BCUT2D eigenvalue weighted by molar-refractivity contribution is 0.0174. The number of carboxylic acids is 1. The van der Waals surface area contributed by atoms with Crippen molar-refractivity contribution < 1.29 is 19.4 Å². The van der Waals surface area contributed by atoms with Crippen molar-refractivity contribution in [1.29, 1.82) is 0 Å². The summed E-state index contributed by atoms with van der Waals surface area (Å²) in [6.07, 6.45) is 4.10. The van der Waals surface area contributed by atoms with E-state index >= 15 is 0 Å². The van der Waals surface area contributed by atoms with Crippen LogP contribution >= 0.6 is 0 Å². The highest BCUT2D eigenvalue weighted by molar-refractivity contribution is 5.88. The Bertz CT molecular complexity index is 374. The molecule has 0 saturated heterocycles. The highest BCUT2D eigenvalue weighted by Gasteiger charge is 2.37. The molecule has 0 radical (unpaired) electrons. The van der Waals surface area contributed by atoms with Crippen LogP contribution in [0.3, 0.4) is 0 Å². The molecule has 2 N–H and O–H groups in total. The van der Waals surface area contributed by atoms with Crippen LogP contribution in [0.5, 0.6) is 0 Å². The number of aliphatic hydroxyl groups is 1. The summed E-state index contributed by atoms with van der Waals surface area (Å²) in [4.78, 5) is 10.9. The van der Waals surface area contributed by atoms with Crippen molar-refractivity contribution in [2.24, 2.45) is 5.92 Å². The van der Waals surface area contributed by atoms with E-state index in [-0.39, 0.29) is 11.3 Å². The molecule has 0 spiro atoms. The van der Waals surface area contributed by atoms with Gasteiger partial charge in [0.25, 0.3) is 0 Å². The van der Waals surface area contributed by atoms with Crippen molar-refractivity contribution >= 4 is 5.97 Å². The molecule has 1 aliphatic carbocycles. The van der Waals surface area contributed by atoms with Crippen LogP contribution in [0.25, 0.3) is 0 Å². The summed E-state index contributed by atoms with van der Waals surface area (Å²) in [5, 5.41) is 19.1. The maximum atomic E-state index is 10.9. The molecule has 0 amide bonds. The van der Waals surface area contributed by atoms with Crippen LogP contribution in [0.4, 0.5) is 0 Å².